The van der Waals surface area contributed by atoms with Crippen molar-refractivity contribution in [2.75, 3.05) is 24.5 Å². The van der Waals surface area contributed by atoms with E-state index in [1.54, 1.807) is 4.90 Å². The maximum atomic E-state index is 12.8. The monoisotopic (exact) mass is 460 g/mol. The molecule has 7 nitrogen and oxygen atoms in total. The number of aromatic nitrogens is 2. The van der Waals surface area contributed by atoms with Crippen LogP contribution in [0.5, 0.6) is 0 Å². The molecule has 3 atom stereocenters. The van der Waals surface area contributed by atoms with Crippen molar-refractivity contribution in [3.8, 4) is 0 Å². The second-order valence-corrected chi connectivity index (χ2v) is 14.6. The molecule has 0 unspecified atom stereocenters. The van der Waals surface area contributed by atoms with Crippen LogP contribution >= 0.6 is 0 Å². The number of hydrogen-bond donors (Lipinski definition) is 1. The molecule has 2 aliphatic rings. The molecule has 2 fully saturated rings. The largest absolute Gasteiger partial charge is 0.419 e. The first-order valence-electron chi connectivity index (χ1n) is 10.5. The third-order valence-electron chi connectivity index (χ3n) is 6.64. The highest BCUT2D eigenvalue weighted by Crippen LogP contribution is 2.39. The normalized spacial score (nSPS) is 26.0. The van der Waals surface area contributed by atoms with Crippen LogP contribution in [0.4, 0.5) is 19.1 Å². The van der Waals surface area contributed by atoms with E-state index in [4.69, 9.17) is 4.43 Å². The van der Waals surface area contributed by atoms with Gasteiger partial charge in [0.15, 0.2) is 8.32 Å². The van der Waals surface area contributed by atoms with E-state index >= 15 is 0 Å². The van der Waals surface area contributed by atoms with Crippen LogP contribution in [0, 0.1) is 0 Å². The highest BCUT2D eigenvalue weighted by molar-refractivity contribution is 6.74. The van der Waals surface area contributed by atoms with Crippen molar-refractivity contribution in [2.45, 2.75) is 76.2 Å². The van der Waals surface area contributed by atoms with E-state index in [0.717, 1.165) is 12.4 Å². The van der Waals surface area contributed by atoms with Gasteiger partial charge in [0.25, 0.3) is 5.91 Å². The summed E-state index contributed by atoms with van der Waals surface area (Å²) in [6.07, 6.45) is -3.29. The number of carbonyl (C=O) groups excluding carboxylic acids is 1. The van der Waals surface area contributed by atoms with E-state index < -0.39 is 26.2 Å². The predicted octanol–water partition coefficient (Wildman–Crippen LogP) is 3.06. The average molecular weight is 461 g/mol. The second kappa shape index (κ2) is 8.32. The Balaban J connectivity index is 1.84. The molecule has 174 valence electrons. The molecule has 2 aliphatic heterocycles. The molecule has 3 rings (SSSR count). The minimum absolute atomic E-state index is 0.0563. The fraction of sp³-hybridized carbons (Fsp3) is 0.750. The van der Waals surface area contributed by atoms with Gasteiger partial charge in [-0.25, -0.2) is 9.97 Å². The van der Waals surface area contributed by atoms with Gasteiger partial charge in [0.05, 0.1) is 17.7 Å². The van der Waals surface area contributed by atoms with Gasteiger partial charge in [0.2, 0.25) is 5.95 Å². The number of anilines is 1. The SMILES string of the molecule is CC(C)(C)[Si](C)(C)O[C@@H]1CN(c2ncc(C(F)(F)F)cn2)CC[C@@H]1N1CC[C@@H](O)C1=O. The summed E-state index contributed by atoms with van der Waals surface area (Å²) in [5.41, 5.74) is -0.892. The smallest absolute Gasteiger partial charge is 0.410 e. The number of aliphatic hydroxyl groups excluding tert-OH is 1. The molecule has 2 saturated heterocycles. The van der Waals surface area contributed by atoms with Gasteiger partial charge in [0.1, 0.15) is 6.10 Å². The summed E-state index contributed by atoms with van der Waals surface area (Å²) >= 11 is 0. The molecule has 1 amide bonds. The third-order valence-corrected chi connectivity index (χ3v) is 11.1. The zero-order valence-electron chi connectivity index (χ0n) is 18.6. The lowest BCUT2D eigenvalue weighted by Crippen LogP contribution is -2.60. The van der Waals surface area contributed by atoms with Crippen molar-refractivity contribution < 1.29 is 27.5 Å². The molecule has 0 bridgehead atoms. The summed E-state index contributed by atoms with van der Waals surface area (Å²) in [5, 5.41) is 9.87. The first kappa shape index (κ1) is 23.9. The van der Waals surface area contributed by atoms with E-state index in [1.807, 2.05) is 4.90 Å². The second-order valence-electron chi connectivity index (χ2n) is 9.82. The number of rotatable bonds is 4. The van der Waals surface area contributed by atoms with Crippen molar-refractivity contribution in [1.29, 1.82) is 0 Å². The molecule has 1 aromatic rings. The van der Waals surface area contributed by atoms with Gasteiger partial charge in [-0.3, -0.25) is 4.79 Å². The fourth-order valence-corrected chi connectivity index (χ4v) is 5.10. The Morgan fingerprint density at radius 1 is 1.13 bits per heavy atom. The molecule has 3 heterocycles. The molecular formula is C20H31F3N4O3Si. The van der Waals surface area contributed by atoms with E-state index in [9.17, 15) is 23.1 Å². The predicted molar refractivity (Wildman–Crippen MR) is 112 cm³/mol. The number of likely N-dealkylation sites (tertiary alicyclic amines) is 1. The zero-order chi connectivity index (χ0) is 23.2. The number of carbonyl (C=O) groups is 1. The molecule has 0 spiro atoms. The van der Waals surface area contributed by atoms with Gasteiger partial charge in [-0.1, -0.05) is 20.8 Å². The molecular weight excluding hydrogens is 429 g/mol. The van der Waals surface area contributed by atoms with Gasteiger partial charge in [-0.05, 0) is 31.0 Å². The molecule has 1 aromatic heterocycles. The maximum Gasteiger partial charge on any atom is 0.419 e. The van der Waals surface area contributed by atoms with Crippen LogP contribution < -0.4 is 4.90 Å². The van der Waals surface area contributed by atoms with Crippen molar-refractivity contribution in [3.05, 3.63) is 18.0 Å². The number of halogens is 3. The third kappa shape index (κ3) is 5.03. The number of piperidine rings is 1. The van der Waals surface area contributed by atoms with Crippen LogP contribution in [0.25, 0.3) is 0 Å². The molecule has 11 heteroatoms. The summed E-state index contributed by atoms with van der Waals surface area (Å²) in [5.74, 6) is -0.0730. The zero-order valence-corrected chi connectivity index (χ0v) is 19.6. The Bertz CT molecular complexity index is 798. The minimum Gasteiger partial charge on any atom is -0.410 e. The van der Waals surface area contributed by atoms with Crippen molar-refractivity contribution >= 4 is 20.2 Å². The van der Waals surface area contributed by atoms with Crippen LogP contribution in [0.15, 0.2) is 12.4 Å². The summed E-state index contributed by atoms with van der Waals surface area (Å²) in [4.78, 5) is 23.9. The van der Waals surface area contributed by atoms with Gasteiger partial charge in [0, 0.05) is 32.0 Å². The van der Waals surface area contributed by atoms with Crippen LogP contribution in [0.3, 0.4) is 0 Å². The molecule has 1 N–H and O–H groups in total. The fourth-order valence-electron chi connectivity index (χ4n) is 3.76. The van der Waals surface area contributed by atoms with Crippen LogP contribution in [-0.2, 0) is 15.4 Å². The van der Waals surface area contributed by atoms with Gasteiger partial charge >= 0.3 is 6.18 Å². The quantitative estimate of drug-likeness (QED) is 0.696. The Hall–Kier alpha value is -1.72. The van der Waals surface area contributed by atoms with Crippen molar-refractivity contribution in [1.82, 2.24) is 14.9 Å². The molecule has 0 saturated carbocycles. The maximum absolute atomic E-state index is 12.8. The lowest BCUT2D eigenvalue weighted by Gasteiger charge is -2.47. The Kier molecular flexibility index (Phi) is 6.42. The lowest BCUT2D eigenvalue weighted by molar-refractivity contribution is -0.139. The van der Waals surface area contributed by atoms with E-state index in [2.05, 4.69) is 43.8 Å². The minimum atomic E-state index is -4.49. The molecule has 0 radical (unpaired) electrons. The molecule has 0 aromatic carbocycles. The topological polar surface area (TPSA) is 78.8 Å². The van der Waals surface area contributed by atoms with Crippen LogP contribution in [0.1, 0.15) is 39.2 Å². The van der Waals surface area contributed by atoms with E-state index in [0.29, 0.717) is 32.5 Å². The van der Waals surface area contributed by atoms with Gasteiger partial charge < -0.3 is 19.3 Å². The lowest BCUT2D eigenvalue weighted by atomic mass is 10.0. The summed E-state index contributed by atoms with van der Waals surface area (Å²) < 4.78 is 45.2. The molecule has 0 aliphatic carbocycles. The van der Waals surface area contributed by atoms with Crippen LogP contribution in [0.2, 0.25) is 18.1 Å². The standard InChI is InChI=1S/C20H31F3N4O3Si/c1-19(2,3)31(4,5)30-16-12-26(18-24-10-13(11-25-18)20(21,22)23)8-6-14(16)27-9-7-15(28)17(27)29/h10-11,14-16,28H,6-9,12H2,1-5H3/t14-,15+,16+/m0/s1. The Morgan fingerprint density at radius 2 is 1.74 bits per heavy atom. The first-order valence-corrected chi connectivity index (χ1v) is 13.4. The first-order chi connectivity index (χ1) is 14.2. The average Bonchev–Trinajstić information content (AvgIpc) is 2.99. The summed E-state index contributed by atoms with van der Waals surface area (Å²) in [6, 6.07) is -0.204. The summed E-state index contributed by atoms with van der Waals surface area (Å²) in [7, 11) is -2.21. The van der Waals surface area contributed by atoms with Crippen LogP contribution in [-0.4, -0.2) is 72.1 Å². The Morgan fingerprint density at radius 3 is 2.23 bits per heavy atom. The Labute approximate surface area is 181 Å². The number of amides is 1. The number of aliphatic hydroxyl groups is 1. The van der Waals surface area contributed by atoms with E-state index in [-0.39, 0.29) is 29.0 Å². The van der Waals surface area contributed by atoms with Crippen molar-refractivity contribution in [2.24, 2.45) is 0 Å². The number of nitrogens with zero attached hydrogens (tertiary/aromatic N) is 4. The van der Waals surface area contributed by atoms with Gasteiger partial charge in [-0.15, -0.1) is 0 Å². The number of alkyl halides is 3. The van der Waals surface area contributed by atoms with E-state index in [1.165, 1.54) is 0 Å². The molecule has 31 heavy (non-hydrogen) atoms. The van der Waals surface area contributed by atoms with Gasteiger partial charge in [-0.2, -0.15) is 13.2 Å². The summed E-state index contributed by atoms with van der Waals surface area (Å²) in [6.45, 7) is 11.9. The van der Waals surface area contributed by atoms with Crippen molar-refractivity contribution in [3.63, 3.8) is 0 Å². The highest BCUT2D eigenvalue weighted by Gasteiger charge is 2.46. The number of hydrogen-bond acceptors (Lipinski definition) is 6. The highest BCUT2D eigenvalue weighted by atomic mass is 28.4.